The summed E-state index contributed by atoms with van der Waals surface area (Å²) < 4.78 is 0. The van der Waals surface area contributed by atoms with Crippen molar-refractivity contribution < 1.29 is 10.2 Å². The Kier molecular flexibility index (Phi) is 9.52. The molecule has 0 aromatic rings. The second-order valence-electron chi connectivity index (χ2n) is 5.93. The smallest absolute Gasteiger partial charge is 0.0717 e. The van der Waals surface area contributed by atoms with Crippen molar-refractivity contribution in [2.75, 3.05) is 0 Å². The summed E-state index contributed by atoms with van der Waals surface area (Å²) in [4.78, 5) is 10.6. The summed E-state index contributed by atoms with van der Waals surface area (Å²) >= 11 is 0. The van der Waals surface area contributed by atoms with Crippen LogP contribution in [0.1, 0.15) is 38.5 Å². The van der Waals surface area contributed by atoms with E-state index >= 15 is 0 Å². The first kappa shape index (κ1) is 21.2. The molecule has 14 heteroatoms. The van der Waals surface area contributed by atoms with Crippen LogP contribution in [0, 0.1) is 0 Å². The van der Waals surface area contributed by atoms with Crippen LogP contribution >= 0.6 is 0 Å². The van der Waals surface area contributed by atoms with Crippen molar-refractivity contribution in [3.8, 4) is 0 Å². The van der Waals surface area contributed by atoms with Crippen LogP contribution in [0.25, 0.3) is 41.8 Å². The molecule has 0 amide bonds. The lowest BCUT2D eigenvalue weighted by atomic mass is 9.89. The first-order valence-electron chi connectivity index (χ1n) is 8.12. The van der Waals surface area contributed by atoms with Gasteiger partial charge < -0.3 is 10.2 Å². The van der Waals surface area contributed by atoms with Crippen molar-refractivity contribution in [3.05, 3.63) is 41.8 Å². The molecule has 0 aliphatic heterocycles. The number of rotatable bonds is 4. The van der Waals surface area contributed by atoms with Gasteiger partial charge in [-0.25, -0.2) is 0 Å². The van der Waals surface area contributed by atoms with Gasteiger partial charge in [0, 0.05) is 31.7 Å². The first-order chi connectivity index (χ1) is 12.6. The van der Waals surface area contributed by atoms with E-state index in [0.717, 1.165) is 12.8 Å². The second-order valence-corrected chi connectivity index (χ2v) is 5.93. The topological polar surface area (TPSA) is 235 Å². The predicted octanol–water partition coefficient (Wildman–Crippen LogP) is 3.78. The third kappa shape index (κ3) is 6.23. The summed E-state index contributed by atoms with van der Waals surface area (Å²) in [5, 5.41) is 32.7. The average molecular weight is 364 g/mol. The maximum atomic E-state index is 9.45. The number of aliphatic hydroxyl groups excluding tert-OH is 2. The van der Waals surface area contributed by atoms with E-state index in [1.807, 2.05) is 0 Å². The summed E-state index contributed by atoms with van der Waals surface area (Å²) in [5.74, 6) is 0. The molecule has 0 bridgehead atoms. The minimum atomic E-state index is -0.680. The van der Waals surface area contributed by atoms with Crippen LogP contribution < -0.4 is 0 Å². The van der Waals surface area contributed by atoms with Crippen molar-refractivity contribution in [1.29, 1.82) is 0 Å². The summed E-state index contributed by atoms with van der Waals surface area (Å²) in [7, 11) is 0. The lowest BCUT2D eigenvalue weighted by Crippen LogP contribution is -2.38. The van der Waals surface area contributed by atoms with Gasteiger partial charge in [-0.05, 0) is 47.8 Å². The molecule has 14 nitrogen and oxygen atoms in total. The van der Waals surface area contributed by atoms with Crippen LogP contribution in [0.15, 0.2) is 20.5 Å². The number of aliphatic hydroxyl groups is 2. The lowest BCUT2D eigenvalue weighted by Gasteiger charge is -2.28. The van der Waals surface area contributed by atoms with Gasteiger partial charge in [0.05, 0.1) is 24.3 Å². The number of hydrogen-bond donors (Lipinski definition) is 2. The average Bonchev–Trinajstić information content (AvgIpc) is 2.62. The van der Waals surface area contributed by atoms with Gasteiger partial charge in [0.2, 0.25) is 0 Å². The molecule has 0 saturated heterocycles. The van der Waals surface area contributed by atoms with Gasteiger partial charge in [-0.3, -0.25) is 0 Å². The first-order valence-corrected chi connectivity index (χ1v) is 8.12. The van der Waals surface area contributed by atoms with Crippen LogP contribution in [0.2, 0.25) is 0 Å². The Morgan fingerprint density at radius 2 is 0.923 bits per heavy atom. The SMILES string of the molecule is [N-]=[N+]=N[C@@H]1[C@H](O)CCC[C@@H]1N=[N+]=[N-].[N-]=[N+]=N[C@H]1[C@@H](O)CCC[C@H]1N=[N+]=[N-]. The van der Waals surface area contributed by atoms with E-state index in [1.165, 1.54) is 0 Å². The lowest BCUT2D eigenvalue weighted by molar-refractivity contribution is 0.0976. The van der Waals surface area contributed by atoms with Gasteiger partial charge in [-0.2, -0.15) is 0 Å². The number of azide groups is 4. The molecule has 2 rings (SSSR count). The maximum absolute atomic E-state index is 9.45. The minimum Gasteiger partial charge on any atom is -0.393 e. The van der Waals surface area contributed by atoms with Gasteiger partial charge in [-0.1, -0.05) is 33.3 Å². The van der Waals surface area contributed by atoms with Crippen molar-refractivity contribution in [1.82, 2.24) is 0 Å². The van der Waals surface area contributed by atoms with Crippen molar-refractivity contribution in [2.45, 2.75) is 74.9 Å². The van der Waals surface area contributed by atoms with E-state index in [-0.39, 0.29) is 0 Å². The minimum absolute atomic E-state index is 0.398. The molecule has 2 N–H and O–H groups in total. The van der Waals surface area contributed by atoms with Crippen LogP contribution in [-0.4, -0.2) is 46.6 Å². The molecular formula is C12H20N12O2. The fourth-order valence-electron chi connectivity index (χ4n) is 3.08. The monoisotopic (exact) mass is 364 g/mol. The molecule has 0 heterocycles. The highest BCUT2D eigenvalue weighted by Crippen LogP contribution is 2.25. The van der Waals surface area contributed by atoms with E-state index in [9.17, 15) is 10.2 Å². The molecule has 0 radical (unpaired) electrons. The van der Waals surface area contributed by atoms with Crippen molar-refractivity contribution in [3.63, 3.8) is 0 Å². The van der Waals surface area contributed by atoms with Gasteiger partial charge >= 0.3 is 0 Å². The Balaban J connectivity index is 0.000000260. The summed E-state index contributed by atoms with van der Waals surface area (Å²) in [6, 6.07) is -2.00. The zero-order chi connectivity index (χ0) is 19.4. The fraction of sp³-hybridized carbons (Fsp3) is 1.00. The Morgan fingerprint density at radius 3 is 1.23 bits per heavy atom. The fourth-order valence-corrected chi connectivity index (χ4v) is 3.08. The Morgan fingerprint density at radius 1 is 0.577 bits per heavy atom. The number of hydrogen-bond acceptors (Lipinski definition) is 6. The molecule has 2 aliphatic carbocycles. The molecule has 26 heavy (non-hydrogen) atoms. The highest BCUT2D eigenvalue weighted by Gasteiger charge is 2.31. The molecule has 0 spiro atoms. The third-order valence-electron chi connectivity index (χ3n) is 4.35. The zero-order valence-electron chi connectivity index (χ0n) is 14.0. The van der Waals surface area contributed by atoms with Gasteiger partial charge in [-0.15, -0.1) is 0 Å². The predicted molar refractivity (Wildman–Crippen MR) is 91.5 cm³/mol. The zero-order valence-corrected chi connectivity index (χ0v) is 14.0. The normalized spacial score (nSPS) is 32.8. The van der Waals surface area contributed by atoms with E-state index in [4.69, 9.17) is 22.1 Å². The van der Waals surface area contributed by atoms with Gasteiger partial charge in [0.1, 0.15) is 0 Å². The summed E-state index contributed by atoms with van der Waals surface area (Å²) in [5.41, 5.74) is 32.9. The van der Waals surface area contributed by atoms with Crippen LogP contribution in [0.5, 0.6) is 0 Å². The summed E-state index contributed by atoms with van der Waals surface area (Å²) in [6.45, 7) is 0. The quantitative estimate of drug-likeness (QED) is 0.430. The molecular weight excluding hydrogens is 344 g/mol. The Labute approximate surface area is 148 Å². The van der Waals surface area contributed by atoms with E-state index in [0.29, 0.717) is 25.7 Å². The Bertz CT molecular complexity index is 589. The third-order valence-corrected chi connectivity index (χ3v) is 4.35. The molecule has 0 aromatic heterocycles. The van der Waals surface area contributed by atoms with Crippen LogP contribution in [0.3, 0.4) is 0 Å². The van der Waals surface area contributed by atoms with Crippen LogP contribution in [0.4, 0.5) is 0 Å². The van der Waals surface area contributed by atoms with Crippen molar-refractivity contribution >= 4 is 0 Å². The maximum Gasteiger partial charge on any atom is 0.0717 e. The largest absolute Gasteiger partial charge is 0.393 e. The molecule has 6 atom stereocenters. The molecule has 2 saturated carbocycles. The van der Waals surface area contributed by atoms with Gasteiger partial charge in [0.25, 0.3) is 0 Å². The molecule has 140 valence electrons. The standard InChI is InChI=1S/2C6H10N6O/c2*7-11-9-4-2-1-3-5(13)6(4)10-12-8/h2*4-6,13H,1-3H2/t2*4-,5+,6-/m10/s1. The van der Waals surface area contributed by atoms with Crippen LogP contribution in [-0.2, 0) is 0 Å². The van der Waals surface area contributed by atoms with Gasteiger partial charge in [0.15, 0.2) is 0 Å². The molecule has 2 fully saturated rings. The highest BCUT2D eigenvalue weighted by molar-refractivity contribution is 4.93. The second kappa shape index (κ2) is 11.7. The molecule has 2 aliphatic rings. The molecule has 0 unspecified atom stereocenters. The van der Waals surface area contributed by atoms with E-state index in [1.54, 1.807) is 0 Å². The summed E-state index contributed by atoms with van der Waals surface area (Å²) in [6.07, 6.45) is 2.77. The molecule has 0 aromatic carbocycles. The highest BCUT2D eigenvalue weighted by atomic mass is 16.3. The number of nitrogens with zero attached hydrogens (tertiary/aromatic N) is 12. The Hall–Kier alpha value is -2.84. The van der Waals surface area contributed by atoms with E-state index < -0.39 is 36.4 Å². The van der Waals surface area contributed by atoms with Crippen molar-refractivity contribution in [2.24, 2.45) is 20.5 Å². The van der Waals surface area contributed by atoms with E-state index in [2.05, 4.69) is 40.1 Å².